The third kappa shape index (κ3) is 2.04. The summed E-state index contributed by atoms with van der Waals surface area (Å²) in [6, 6.07) is 4.94. The number of aromatic nitrogens is 1. The standard InChI is InChI=1S/C9H5Cl3N2O/c10-5-1-4(2-6(11)3-5)8-7(12)9(13)14-15-8/h1-3H,(H2,13,14). The Balaban J connectivity index is 2.58. The molecule has 0 aliphatic heterocycles. The first-order chi connectivity index (χ1) is 7.08. The second kappa shape index (κ2) is 3.93. The van der Waals surface area contributed by atoms with Gasteiger partial charge in [-0.15, -0.1) is 0 Å². The van der Waals surface area contributed by atoms with Crippen LogP contribution in [0.25, 0.3) is 11.3 Å². The Kier molecular flexibility index (Phi) is 2.78. The lowest BCUT2D eigenvalue weighted by molar-refractivity contribution is 0.436. The molecule has 0 saturated carbocycles. The van der Waals surface area contributed by atoms with Gasteiger partial charge < -0.3 is 10.3 Å². The normalized spacial score (nSPS) is 10.6. The van der Waals surface area contributed by atoms with E-state index < -0.39 is 0 Å². The van der Waals surface area contributed by atoms with Crippen molar-refractivity contribution >= 4 is 40.6 Å². The van der Waals surface area contributed by atoms with E-state index in [1.807, 2.05) is 0 Å². The maximum Gasteiger partial charge on any atom is 0.187 e. The summed E-state index contributed by atoms with van der Waals surface area (Å²) in [5.74, 6) is 0.501. The summed E-state index contributed by atoms with van der Waals surface area (Å²) < 4.78 is 4.97. The van der Waals surface area contributed by atoms with Crippen LogP contribution >= 0.6 is 34.8 Å². The van der Waals surface area contributed by atoms with E-state index in [9.17, 15) is 0 Å². The van der Waals surface area contributed by atoms with E-state index in [1.165, 1.54) is 0 Å². The van der Waals surface area contributed by atoms with Crippen LogP contribution < -0.4 is 5.73 Å². The Morgan fingerprint density at radius 3 is 2.13 bits per heavy atom. The molecule has 0 amide bonds. The largest absolute Gasteiger partial charge is 0.380 e. The Hall–Kier alpha value is -0.900. The molecule has 78 valence electrons. The first kappa shape index (κ1) is 10.6. The molecule has 0 aliphatic carbocycles. The van der Waals surface area contributed by atoms with Crippen molar-refractivity contribution in [2.24, 2.45) is 0 Å². The highest BCUT2D eigenvalue weighted by atomic mass is 35.5. The summed E-state index contributed by atoms with van der Waals surface area (Å²) in [5.41, 5.74) is 6.09. The molecule has 1 heterocycles. The zero-order valence-electron chi connectivity index (χ0n) is 7.30. The van der Waals surface area contributed by atoms with Crippen LogP contribution in [-0.2, 0) is 0 Å². The van der Waals surface area contributed by atoms with Gasteiger partial charge in [0.15, 0.2) is 11.6 Å². The minimum atomic E-state index is 0.141. The highest BCUT2D eigenvalue weighted by Crippen LogP contribution is 2.34. The Morgan fingerprint density at radius 1 is 1.07 bits per heavy atom. The molecule has 15 heavy (non-hydrogen) atoms. The Bertz CT molecular complexity index is 490. The van der Waals surface area contributed by atoms with Crippen LogP contribution in [-0.4, -0.2) is 5.16 Å². The fourth-order valence-electron chi connectivity index (χ4n) is 1.16. The summed E-state index contributed by atoms with van der Waals surface area (Å²) in [5, 5.41) is 4.77. The molecule has 2 rings (SSSR count). The monoisotopic (exact) mass is 262 g/mol. The van der Waals surface area contributed by atoms with Crippen molar-refractivity contribution in [2.45, 2.75) is 0 Å². The van der Waals surface area contributed by atoms with Crippen molar-refractivity contribution in [3.63, 3.8) is 0 Å². The lowest BCUT2D eigenvalue weighted by Gasteiger charge is -1.99. The maximum absolute atomic E-state index is 5.88. The van der Waals surface area contributed by atoms with Crippen LogP contribution in [0.5, 0.6) is 0 Å². The number of benzene rings is 1. The minimum absolute atomic E-state index is 0.141. The van der Waals surface area contributed by atoms with Gasteiger partial charge in [-0.2, -0.15) is 0 Å². The SMILES string of the molecule is Nc1noc(-c2cc(Cl)cc(Cl)c2)c1Cl. The first-order valence-electron chi connectivity index (χ1n) is 3.95. The summed E-state index contributed by atoms with van der Waals surface area (Å²) in [7, 11) is 0. The highest BCUT2D eigenvalue weighted by molar-refractivity contribution is 6.36. The van der Waals surface area contributed by atoms with Gasteiger partial charge in [0.1, 0.15) is 5.02 Å². The molecule has 6 heteroatoms. The van der Waals surface area contributed by atoms with Gasteiger partial charge in [0.2, 0.25) is 0 Å². The fourth-order valence-corrected chi connectivity index (χ4v) is 1.86. The van der Waals surface area contributed by atoms with Gasteiger partial charge in [0.25, 0.3) is 0 Å². The Labute approximate surface area is 101 Å². The van der Waals surface area contributed by atoms with Crippen molar-refractivity contribution in [1.29, 1.82) is 0 Å². The van der Waals surface area contributed by atoms with Crippen LogP contribution in [0.1, 0.15) is 0 Å². The number of nitrogens with zero attached hydrogens (tertiary/aromatic N) is 1. The average Bonchev–Trinajstić information content (AvgIpc) is 2.46. The van der Waals surface area contributed by atoms with E-state index in [4.69, 9.17) is 45.1 Å². The number of nitrogen functional groups attached to an aromatic ring is 1. The second-order valence-electron chi connectivity index (χ2n) is 2.87. The van der Waals surface area contributed by atoms with Gasteiger partial charge in [0, 0.05) is 15.6 Å². The number of hydrogen-bond donors (Lipinski definition) is 1. The van der Waals surface area contributed by atoms with Gasteiger partial charge in [-0.3, -0.25) is 0 Å². The summed E-state index contributed by atoms with van der Waals surface area (Å²) >= 11 is 17.6. The molecule has 0 aliphatic rings. The van der Waals surface area contributed by atoms with E-state index >= 15 is 0 Å². The topological polar surface area (TPSA) is 52.0 Å². The molecule has 0 unspecified atom stereocenters. The number of hydrogen-bond acceptors (Lipinski definition) is 3. The third-order valence-corrected chi connectivity index (χ3v) is 2.59. The molecule has 0 fully saturated rings. The van der Waals surface area contributed by atoms with E-state index in [1.54, 1.807) is 18.2 Å². The van der Waals surface area contributed by atoms with Crippen molar-refractivity contribution in [3.05, 3.63) is 33.3 Å². The van der Waals surface area contributed by atoms with E-state index in [0.717, 1.165) is 0 Å². The Morgan fingerprint density at radius 2 is 1.67 bits per heavy atom. The van der Waals surface area contributed by atoms with Crippen LogP contribution in [0, 0.1) is 0 Å². The molecule has 2 aromatic rings. The van der Waals surface area contributed by atoms with E-state index in [0.29, 0.717) is 21.4 Å². The van der Waals surface area contributed by atoms with E-state index in [-0.39, 0.29) is 10.8 Å². The molecule has 1 aromatic carbocycles. The minimum Gasteiger partial charge on any atom is -0.380 e. The van der Waals surface area contributed by atoms with Crippen molar-refractivity contribution < 1.29 is 4.52 Å². The number of halogens is 3. The molecular weight excluding hydrogens is 258 g/mol. The van der Waals surface area contributed by atoms with E-state index in [2.05, 4.69) is 5.16 Å². The fraction of sp³-hybridized carbons (Fsp3) is 0. The van der Waals surface area contributed by atoms with Gasteiger partial charge in [-0.05, 0) is 18.2 Å². The number of nitrogens with two attached hydrogens (primary N) is 1. The van der Waals surface area contributed by atoms with Crippen LogP contribution in [0.4, 0.5) is 5.82 Å². The third-order valence-electron chi connectivity index (χ3n) is 1.78. The van der Waals surface area contributed by atoms with Gasteiger partial charge >= 0.3 is 0 Å². The highest BCUT2D eigenvalue weighted by Gasteiger charge is 2.14. The smallest absolute Gasteiger partial charge is 0.187 e. The molecule has 0 radical (unpaired) electrons. The van der Waals surface area contributed by atoms with Gasteiger partial charge in [0.05, 0.1) is 0 Å². The number of rotatable bonds is 1. The quantitative estimate of drug-likeness (QED) is 0.849. The second-order valence-corrected chi connectivity index (χ2v) is 4.12. The molecule has 0 atom stereocenters. The molecular formula is C9H5Cl3N2O. The van der Waals surface area contributed by atoms with Crippen LogP contribution in [0.3, 0.4) is 0 Å². The number of anilines is 1. The van der Waals surface area contributed by atoms with Crippen molar-refractivity contribution in [3.8, 4) is 11.3 Å². The maximum atomic E-state index is 5.88. The molecule has 0 saturated heterocycles. The summed E-state index contributed by atoms with van der Waals surface area (Å²) in [6.07, 6.45) is 0. The average molecular weight is 264 g/mol. The molecule has 0 bridgehead atoms. The van der Waals surface area contributed by atoms with Crippen molar-refractivity contribution in [1.82, 2.24) is 5.16 Å². The molecule has 1 aromatic heterocycles. The lowest BCUT2D eigenvalue weighted by atomic mass is 10.2. The zero-order chi connectivity index (χ0) is 11.0. The molecule has 0 spiro atoms. The zero-order valence-corrected chi connectivity index (χ0v) is 9.57. The summed E-state index contributed by atoms with van der Waals surface area (Å²) in [4.78, 5) is 0. The van der Waals surface area contributed by atoms with Crippen LogP contribution in [0.2, 0.25) is 15.1 Å². The molecule has 3 nitrogen and oxygen atoms in total. The first-order valence-corrected chi connectivity index (χ1v) is 5.08. The summed E-state index contributed by atoms with van der Waals surface area (Å²) in [6.45, 7) is 0. The van der Waals surface area contributed by atoms with Gasteiger partial charge in [-0.25, -0.2) is 0 Å². The predicted octanol–water partition coefficient (Wildman–Crippen LogP) is 3.88. The van der Waals surface area contributed by atoms with Crippen molar-refractivity contribution in [2.75, 3.05) is 5.73 Å². The predicted molar refractivity (Wildman–Crippen MR) is 61.4 cm³/mol. The van der Waals surface area contributed by atoms with Crippen LogP contribution in [0.15, 0.2) is 22.7 Å². The van der Waals surface area contributed by atoms with Gasteiger partial charge in [-0.1, -0.05) is 40.0 Å². The molecule has 2 N–H and O–H groups in total. The lowest BCUT2D eigenvalue weighted by Crippen LogP contribution is -1.83.